The smallest absolute Gasteiger partial charge is 0.213 e. The Morgan fingerprint density at radius 2 is 0.918 bits per heavy atom. The SMILES string of the molecule is c1ccc2c(c1)cc(-n1c3ccccc3c3c4ccc(-c5ccc(-n6c7ccccc7c7ccccc76)cc5)cc4oc31)c1ccccc12. The van der Waals surface area contributed by atoms with Crippen LogP contribution in [0.2, 0.25) is 0 Å². The standard InChI is InChI=1S/C46H28N2O/c1-2-12-33-31(11-1)27-43(35-14-4-3-13-34(33)35)48-42-20-10-7-17-38(42)45-39-26-23-30(28-44(39)49-46(45)48)29-21-24-32(25-22-29)47-40-18-8-5-15-36(40)37-16-6-9-19-41(37)47/h1-28H. The zero-order valence-electron chi connectivity index (χ0n) is 26.5. The van der Waals surface area contributed by atoms with Crippen LogP contribution in [0.4, 0.5) is 0 Å². The van der Waals surface area contributed by atoms with Crippen molar-refractivity contribution in [2.45, 2.75) is 0 Å². The van der Waals surface area contributed by atoms with E-state index in [2.05, 4.69) is 179 Å². The summed E-state index contributed by atoms with van der Waals surface area (Å²) in [5.74, 6) is 0. The zero-order chi connectivity index (χ0) is 32.1. The van der Waals surface area contributed by atoms with Crippen LogP contribution in [0, 0.1) is 0 Å². The van der Waals surface area contributed by atoms with Gasteiger partial charge in [0, 0.05) is 32.6 Å². The van der Waals surface area contributed by atoms with Gasteiger partial charge in [-0.3, -0.25) is 4.57 Å². The zero-order valence-corrected chi connectivity index (χ0v) is 26.5. The van der Waals surface area contributed by atoms with Crippen LogP contribution in [0.15, 0.2) is 174 Å². The van der Waals surface area contributed by atoms with Crippen LogP contribution >= 0.6 is 0 Å². The molecule has 8 aromatic carbocycles. The maximum absolute atomic E-state index is 6.88. The maximum atomic E-state index is 6.88. The molecular weight excluding hydrogens is 597 g/mol. The van der Waals surface area contributed by atoms with Gasteiger partial charge < -0.3 is 8.98 Å². The summed E-state index contributed by atoms with van der Waals surface area (Å²) < 4.78 is 11.6. The lowest BCUT2D eigenvalue weighted by Crippen LogP contribution is -1.95. The van der Waals surface area contributed by atoms with E-state index >= 15 is 0 Å². The molecule has 49 heavy (non-hydrogen) atoms. The van der Waals surface area contributed by atoms with Crippen molar-refractivity contribution in [1.82, 2.24) is 9.13 Å². The summed E-state index contributed by atoms with van der Waals surface area (Å²) in [5.41, 5.74) is 9.89. The van der Waals surface area contributed by atoms with Crippen molar-refractivity contribution < 1.29 is 4.42 Å². The van der Waals surface area contributed by atoms with E-state index in [1.807, 2.05) is 0 Å². The van der Waals surface area contributed by atoms with Crippen LogP contribution in [-0.2, 0) is 0 Å². The van der Waals surface area contributed by atoms with Gasteiger partial charge in [-0.25, -0.2) is 0 Å². The highest BCUT2D eigenvalue weighted by molar-refractivity contribution is 6.21. The van der Waals surface area contributed by atoms with Crippen LogP contribution in [0.3, 0.4) is 0 Å². The minimum absolute atomic E-state index is 0.871. The van der Waals surface area contributed by atoms with E-state index in [1.54, 1.807) is 0 Å². The Labute approximate surface area is 281 Å². The summed E-state index contributed by atoms with van der Waals surface area (Å²) in [4.78, 5) is 0. The molecule has 0 amide bonds. The van der Waals surface area contributed by atoms with E-state index in [0.29, 0.717) is 0 Å². The highest BCUT2D eigenvalue weighted by Gasteiger charge is 2.21. The number of fused-ring (bicyclic) bond motifs is 11. The number of hydrogen-bond acceptors (Lipinski definition) is 1. The average Bonchev–Trinajstić information content (AvgIpc) is 3.81. The number of furan rings is 1. The first-order valence-corrected chi connectivity index (χ1v) is 16.8. The Kier molecular flexibility index (Phi) is 5.38. The second-order valence-electron chi connectivity index (χ2n) is 12.9. The quantitative estimate of drug-likeness (QED) is 0.179. The van der Waals surface area contributed by atoms with Gasteiger partial charge in [0.1, 0.15) is 5.58 Å². The van der Waals surface area contributed by atoms with Gasteiger partial charge in [0.05, 0.1) is 27.6 Å². The fourth-order valence-corrected chi connectivity index (χ4v) is 8.13. The van der Waals surface area contributed by atoms with Crippen LogP contribution < -0.4 is 0 Å². The number of para-hydroxylation sites is 3. The molecule has 11 rings (SSSR count). The van der Waals surface area contributed by atoms with E-state index in [1.165, 1.54) is 48.7 Å². The minimum Gasteiger partial charge on any atom is -0.439 e. The average molecular weight is 625 g/mol. The topological polar surface area (TPSA) is 23.0 Å². The molecule has 0 saturated heterocycles. The number of hydrogen-bond donors (Lipinski definition) is 0. The van der Waals surface area contributed by atoms with Crippen LogP contribution in [0.25, 0.3) is 98.8 Å². The van der Waals surface area contributed by atoms with E-state index in [4.69, 9.17) is 4.42 Å². The van der Waals surface area contributed by atoms with Crippen LogP contribution in [-0.4, -0.2) is 9.13 Å². The van der Waals surface area contributed by atoms with Gasteiger partial charge in [0.15, 0.2) is 0 Å². The first-order valence-electron chi connectivity index (χ1n) is 16.8. The molecule has 0 bridgehead atoms. The first kappa shape index (κ1) is 26.5. The molecule has 3 heterocycles. The molecule has 3 heteroatoms. The molecule has 0 radical (unpaired) electrons. The van der Waals surface area contributed by atoms with Gasteiger partial charge in [-0.1, -0.05) is 121 Å². The maximum Gasteiger partial charge on any atom is 0.213 e. The Morgan fingerprint density at radius 3 is 1.63 bits per heavy atom. The minimum atomic E-state index is 0.871. The molecule has 228 valence electrons. The molecule has 0 unspecified atom stereocenters. The third kappa shape index (κ3) is 3.73. The van der Waals surface area contributed by atoms with Gasteiger partial charge in [-0.2, -0.15) is 0 Å². The first-order chi connectivity index (χ1) is 24.3. The van der Waals surface area contributed by atoms with E-state index < -0.39 is 0 Å². The number of benzene rings is 8. The molecule has 3 nitrogen and oxygen atoms in total. The van der Waals surface area contributed by atoms with Crippen molar-refractivity contribution >= 4 is 76.3 Å². The number of nitrogens with zero attached hydrogens (tertiary/aromatic N) is 2. The third-order valence-electron chi connectivity index (χ3n) is 10.3. The second-order valence-corrected chi connectivity index (χ2v) is 12.9. The Bertz CT molecular complexity index is 3050. The lowest BCUT2D eigenvalue weighted by Gasteiger charge is -2.13. The van der Waals surface area contributed by atoms with Crippen LogP contribution in [0.1, 0.15) is 0 Å². The van der Waals surface area contributed by atoms with Crippen molar-refractivity contribution in [2.24, 2.45) is 0 Å². The lowest BCUT2D eigenvalue weighted by molar-refractivity contribution is 0.646. The van der Waals surface area contributed by atoms with Crippen molar-refractivity contribution in [3.8, 4) is 22.5 Å². The summed E-state index contributed by atoms with van der Waals surface area (Å²) in [6.07, 6.45) is 0. The van der Waals surface area contributed by atoms with Gasteiger partial charge in [0.25, 0.3) is 0 Å². The summed E-state index contributed by atoms with van der Waals surface area (Å²) in [5, 5.41) is 10.9. The van der Waals surface area contributed by atoms with Gasteiger partial charge in [0.2, 0.25) is 5.71 Å². The molecule has 0 aliphatic heterocycles. The highest BCUT2D eigenvalue weighted by atomic mass is 16.3. The normalized spacial score (nSPS) is 12.1. The fraction of sp³-hybridized carbons (Fsp3) is 0. The Morgan fingerprint density at radius 1 is 0.367 bits per heavy atom. The van der Waals surface area contributed by atoms with Crippen molar-refractivity contribution in [2.75, 3.05) is 0 Å². The monoisotopic (exact) mass is 624 g/mol. The molecular formula is C46H28N2O. The molecule has 0 aliphatic carbocycles. The van der Waals surface area contributed by atoms with Crippen molar-refractivity contribution in [3.63, 3.8) is 0 Å². The number of rotatable bonds is 3. The van der Waals surface area contributed by atoms with Gasteiger partial charge in [-0.05, 0) is 75.8 Å². The molecule has 0 saturated carbocycles. The molecule has 0 spiro atoms. The Hall–Kier alpha value is -6.58. The lowest BCUT2D eigenvalue weighted by atomic mass is 10.00. The van der Waals surface area contributed by atoms with E-state index in [9.17, 15) is 0 Å². The third-order valence-corrected chi connectivity index (χ3v) is 10.3. The fourth-order valence-electron chi connectivity index (χ4n) is 8.13. The summed E-state index contributed by atoms with van der Waals surface area (Å²) in [6, 6.07) is 61.1. The van der Waals surface area contributed by atoms with E-state index in [-0.39, 0.29) is 0 Å². The highest BCUT2D eigenvalue weighted by Crippen LogP contribution is 2.42. The van der Waals surface area contributed by atoms with Gasteiger partial charge >= 0.3 is 0 Å². The largest absolute Gasteiger partial charge is 0.439 e. The molecule has 0 N–H and O–H groups in total. The summed E-state index contributed by atoms with van der Waals surface area (Å²) in [6.45, 7) is 0. The van der Waals surface area contributed by atoms with Crippen molar-refractivity contribution in [3.05, 3.63) is 170 Å². The molecule has 0 atom stereocenters. The summed E-state index contributed by atoms with van der Waals surface area (Å²) >= 11 is 0. The van der Waals surface area contributed by atoms with Crippen LogP contribution in [0.5, 0.6) is 0 Å². The van der Waals surface area contributed by atoms with Crippen molar-refractivity contribution in [1.29, 1.82) is 0 Å². The molecule has 0 aliphatic rings. The molecule has 11 aromatic rings. The second kappa shape index (κ2) is 9.96. The van der Waals surface area contributed by atoms with E-state index in [0.717, 1.165) is 50.1 Å². The number of aromatic nitrogens is 2. The predicted molar refractivity (Wildman–Crippen MR) is 205 cm³/mol. The molecule has 3 aromatic heterocycles. The Balaban J connectivity index is 1.09. The summed E-state index contributed by atoms with van der Waals surface area (Å²) in [7, 11) is 0. The predicted octanol–water partition coefficient (Wildman–Crippen LogP) is 12.6. The molecule has 0 fully saturated rings. The van der Waals surface area contributed by atoms with Gasteiger partial charge in [-0.15, -0.1) is 0 Å².